The molecule has 2 rings (SSSR count). The van der Waals surface area contributed by atoms with Crippen molar-refractivity contribution in [3.63, 3.8) is 0 Å². The van der Waals surface area contributed by atoms with Gasteiger partial charge in [0.2, 0.25) is 0 Å². The maximum atomic E-state index is 5.55. The van der Waals surface area contributed by atoms with Gasteiger partial charge in [-0.25, -0.2) is 4.98 Å². The van der Waals surface area contributed by atoms with Crippen LogP contribution < -0.4 is 11.1 Å². The molecular formula is C11H11BrN4. The van der Waals surface area contributed by atoms with Crippen LogP contribution in [0, 0.1) is 6.92 Å². The summed E-state index contributed by atoms with van der Waals surface area (Å²) in [5.74, 6) is 1.03. The molecule has 0 amide bonds. The van der Waals surface area contributed by atoms with Gasteiger partial charge in [0.15, 0.2) is 5.82 Å². The minimum absolute atomic E-state index is 0.397. The van der Waals surface area contributed by atoms with Crippen LogP contribution in [-0.4, -0.2) is 9.97 Å². The lowest BCUT2D eigenvalue weighted by molar-refractivity contribution is 1.21. The highest BCUT2D eigenvalue weighted by Crippen LogP contribution is 2.25. The highest BCUT2D eigenvalue weighted by molar-refractivity contribution is 9.10. The van der Waals surface area contributed by atoms with Gasteiger partial charge in [-0.05, 0) is 40.5 Å². The van der Waals surface area contributed by atoms with Gasteiger partial charge < -0.3 is 11.1 Å². The third-order valence-corrected chi connectivity index (χ3v) is 2.70. The van der Waals surface area contributed by atoms with Crippen molar-refractivity contribution in [3.8, 4) is 0 Å². The van der Waals surface area contributed by atoms with Crippen LogP contribution in [0.25, 0.3) is 0 Å². The van der Waals surface area contributed by atoms with E-state index in [-0.39, 0.29) is 0 Å². The number of nitrogens with zero attached hydrogens (tertiary/aromatic N) is 2. The van der Waals surface area contributed by atoms with Crippen LogP contribution in [0.5, 0.6) is 0 Å². The number of hydrogen-bond acceptors (Lipinski definition) is 4. The van der Waals surface area contributed by atoms with Gasteiger partial charge in [0.05, 0.1) is 18.1 Å². The lowest BCUT2D eigenvalue weighted by Gasteiger charge is -2.08. The summed E-state index contributed by atoms with van der Waals surface area (Å²) < 4.78 is 0.983. The third kappa shape index (κ3) is 2.49. The Hall–Kier alpha value is -1.62. The van der Waals surface area contributed by atoms with Gasteiger partial charge in [-0.3, -0.25) is 4.98 Å². The van der Waals surface area contributed by atoms with Crippen molar-refractivity contribution in [1.82, 2.24) is 9.97 Å². The number of aromatic nitrogens is 2. The third-order valence-electron chi connectivity index (χ3n) is 2.04. The van der Waals surface area contributed by atoms with Crippen molar-refractivity contribution in [2.24, 2.45) is 0 Å². The highest BCUT2D eigenvalue weighted by Gasteiger charge is 2.01. The van der Waals surface area contributed by atoms with Crippen molar-refractivity contribution in [2.45, 2.75) is 6.92 Å². The summed E-state index contributed by atoms with van der Waals surface area (Å²) in [4.78, 5) is 8.08. The van der Waals surface area contributed by atoms with Crippen LogP contribution >= 0.6 is 15.9 Å². The topological polar surface area (TPSA) is 63.8 Å². The lowest BCUT2D eigenvalue weighted by Crippen LogP contribution is -1.98. The Kier molecular flexibility index (Phi) is 3.05. The fourth-order valence-corrected chi connectivity index (χ4v) is 1.89. The number of anilines is 3. The van der Waals surface area contributed by atoms with E-state index in [1.54, 1.807) is 6.20 Å². The first kappa shape index (κ1) is 10.9. The Balaban J connectivity index is 2.27. The van der Waals surface area contributed by atoms with Gasteiger partial charge in [-0.1, -0.05) is 6.07 Å². The second kappa shape index (κ2) is 4.49. The van der Waals surface area contributed by atoms with Crippen LogP contribution in [0.15, 0.2) is 35.1 Å². The number of nitrogens with two attached hydrogens (primary N) is 1. The Labute approximate surface area is 102 Å². The summed E-state index contributed by atoms with van der Waals surface area (Å²) in [6.45, 7) is 2.04. The maximum Gasteiger partial charge on any atom is 0.151 e. The zero-order valence-electron chi connectivity index (χ0n) is 8.74. The Bertz CT molecular complexity index is 513. The summed E-state index contributed by atoms with van der Waals surface area (Å²) >= 11 is 3.48. The summed E-state index contributed by atoms with van der Waals surface area (Å²) in [5, 5.41) is 3.14. The largest absolute Gasteiger partial charge is 0.382 e. The molecule has 0 saturated carbocycles. The van der Waals surface area contributed by atoms with E-state index in [2.05, 4.69) is 31.2 Å². The molecule has 3 N–H and O–H groups in total. The molecule has 4 nitrogen and oxygen atoms in total. The van der Waals surface area contributed by atoms with Crippen molar-refractivity contribution in [1.29, 1.82) is 0 Å². The molecule has 5 heteroatoms. The molecular weight excluding hydrogens is 268 g/mol. The zero-order chi connectivity index (χ0) is 11.5. The first-order valence-electron chi connectivity index (χ1n) is 4.76. The summed E-state index contributed by atoms with van der Waals surface area (Å²) in [6, 6.07) is 6.03. The second-order valence-electron chi connectivity index (χ2n) is 3.44. The lowest BCUT2D eigenvalue weighted by atomic mass is 10.2. The Morgan fingerprint density at radius 3 is 2.81 bits per heavy atom. The van der Waals surface area contributed by atoms with Crippen LogP contribution in [0.3, 0.4) is 0 Å². The minimum Gasteiger partial charge on any atom is -0.382 e. The van der Waals surface area contributed by atoms with Crippen molar-refractivity contribution in [2.75, 3.05) is 11.1 Å². The average Bonchev–Trinajstić information content (AvgIpc) is 2.22. The molecule has 82 valence electrons. The SMILES string of the molecule is Cc1ccc(Nc2cncc(N)n2)c(Br)c1. The smallest absolute Gasteiger partial charge is 0.151 e. The number of benzene rings is 1. The molecule has 0 spiro atoms. The fourth-order valence-electron chi connectivity index (χ4n) is 1.30. The molecule has 2 aromatic rings. The predicted molar refractivity (Wildman–Crippen MR) is 68.6 cm³/mol. The monoisotopic (exact) mass is 278 g/mol. The first-order valence-corrected chi connectivity index (χ1v) is 5.55. The van der Waals surface area contributed by atoms with E-state index in [1.165, 1.54) is 11.8 Å². The first-order chi connectivity index (χ1) is 7.65. The molecule has 0 aliphatic rings. The molecule has 16 heavy (non-hydrogen) atoms. The van der Waals surface area contributed by atoms with Crippen LogP contribution in [0.2, 0.25) is 0 Å². The normalized spacial score (nSPS) is 10.1. The van der Waals surface area contributed by atoms with Gasteiger partial charge in [0.25, 0.3) is 0 Å². The van der Waals surface area contributed by atoms with Gasteiger partial charge in [0, 0.05) is 4.47 Å². The van der Waals surface area contributed by atoms with Gasteiger partial charge >= 0.3 is 0 Å². The molecule has 0 saturated heterocycles. The molecule has 0 aliphatic carbocycles. The van der Waals surface area contributed by atoms with E-state index in [0.29, 0.717) is 11.6 Å². The number of hydrogen-bond donors (Lipinski definition) is 2. The second-order valence-corrected chi connectivity index (χ2v) is 4.29. The number of nitrogen functional groups attached to an aromatic ring is 1. The molecule has 1 heterocycles. The van der Waals surface area contributed by atoms with E-state index in [4.69, 9.17) is 5.73 Å². The fraction of sp³-hybridized carbons (Fsp3) is 0.0909. The van der Waals surface area contributed by atoms with Gasteiger partial charge in [-0.15, -0.1) is 0 Å². The molecule has 0 radical (unpaired) electrons. The average molecular weight is 279 g/mol. The van der Waals surface area contributed by atoms with E-state index in [0.717, 1.165) is 10.2 Å². The van der Waals surface area contributed by atoms with Crippen molar-refractivity contribution in [3.05, 3.63) is 40.6 Å². The maximum absolute atomic E-state index is 5.55. The van der Waals surface area contributed by atoms with Crippen LogP contribution in [0.1, 0.15) is 5.56 Å². The predicted octanol–water partition coefficient (Wildman–Crippen LogP) is 2.87. The van der Waals surface area contributed by atoms with E-state index < -0.39 is 0 Å². The van der Waals surface area contributed by atoms with Crippen molar-refractivity contribution < 1.29 is 0 Å². The van der Waals surface area contributed by atoms with Gasteiger partial charge in [-0.2, -0.15) is 0 Å². The Morgan fingerprint density at radius 1 is 1.31 bits per heavy atom. The zero-order valence-corrected chi connectivity index (χ0v) is 10.3. The molecule has 0 fully saturated rings. The quantitative estimate of drug-likeness (QED) is 0.887. The molecule has 1 aromatic carbocycles. The molecule has 0 atom stereocenters. The number of rotatable bonds is 2. The number of nitrogens with one attached hydrogen (secondary N) is 1. The molecule has 1 aromatic heterocycles. The van der Waals surface area contributed by atoms with Crippen LogP contribution in [-0.2, 0) is 0 Å². The molecule has 0 bridgehead atoms. The molecule has 0 unspecified atom stereocenters. The summed E-state index contributed by atoms with van der Waals surface area (Å²) in [7, 11) is 0. The number of halogens is 1. The Morgan fingerprint density at radius 2 is 2.12 bits per heavy atom. The van der Waals surface area contributed by atoms with Crippen molar-refractivity contribution >= 4 is 33.3 Å². The molecule has 0 aliphatic heterocycles. The van der Waals surface area contributed by atoms with Gasteiger partial charge in [0.1, 0.15) is 5.82 Å². The van der Waals surface area contributed by atoms with E-state index >= 15 is 0 Å². The summed E-state index contributed by atoms with van der Waals surface area (Å²) in [6.07, 6.45) is 3.14. The highest BCUT2D eigenvalue weighted by atomic mass is 79.9. The number of aryl methyl sites for hydroxylation is 1. The van der Waals surface area contributed by atoms with Crippen LogP contribution in [0.4, 0.5) is 17.3 Å². The van der Waals surface area contributed by atoms with E-state index in [1.807, 2.05) is 25.1 Å². The van der Waals surface area contributed by atoms with E-state index in [9.17, 15) is 0 Å². The standard InChI is InChI=1S/C11H11BrN4/c1-7-2-3-9(8(12)4-7)15-11-6-14-5-10(13)16-11/h2-6H,1H3,(H3,13,15,16). The summed E-state index contributed by atoms with van der Waals surface area (Å²) in [5.41, 5.74) is 7.68. The minimum atomic E-state index is 0.397.